The van der Waals surface area contributed by atoms with E-state index in [0.29, 0.717) is 15.7 Å². The first-order valence-electron chi connectivity index (χ1n) is 7.05. The van der Waals surface area contributed by atoms with Gasteiger partial charge in [0.15, 0.2) is 11.2 Å². The Kier molecular flexibility index (Phi) is 6.89. The van der Waals surface area contributed by atoms with Gasteiger partial charge >= 0.3 is 11.9 Å². The van der Waals surface area contributed by atoms with Crippen LogP contribution in [0.3, 0.4) is 0 Å². The van der Waals surface area contributed by atoms with E-state index >= 15 is 0 Å². The van der Waals surface area contributed by atoms with Crippen LogP contribution in [0.2, 0.25) is 0 Å². The molecule has 1 unspecified atom stereocenters. The van der Waals surface area contributed by atoms with Crippen molar-refractivity contribution in [2.45, 2.75) is 33.8 Å². The maximum absolute atomic E-state index is 12.4. The van der Waals surface area contributed by atoms with Crippen LogP contribution in [0.15, 0.2) is 12.7 Å². The molecule has 0 fully saturated rings. The number of nitrogens with zero attached hydrogens (tertiary/aromatic N) is 2. The van der Waals surface area contributed by atoms with Crippen molar-refractivity contribution in [3.05, 3.63) is 23.2 Å². The maximum atomic E-state index is 12.4. The minimum atomic E-state index is -0.956. The number of amides is 1. The fourth-order valence-corrected chi connectivity index (χ4v) is 2.77. The van der Waals surface area contributed by atoms with Gasteiger partial charge in [-0.25, -0.2) is 9.78 Å². The number of hydrogen-bond donors (Lipinski definition) is 0. The molecule has 0 aromatic carbocycles. The lowest BCUT2D eigenvalue weighted by molar-refractivity contribution is -0.151. The van der Waals surface area contributed by atoms with Crippen molar-refractivity contribution in [1.29, 1.82) is 0 Å². The SMILES string of the molecule is C=CCN(C(=O)C(C)OC(C)=O)c1nc(C)c(C(=O)OCC)s1. The predicted molar refractivity (Wildman–Crippen MR) is 86.6 cm³/mol. The smallest absolute Gasteiger partial charge is 0.350 e. The summed E-state index contributed by atoms with van der Waals surface area (Å²) in [4.78, 5) is 41.2. The van der Waals surface area contributed by atoms with Crippen LogP contribution in [0.5, 0.6) is 0 Å². The molecule has 1 aromatic heterocycles. The first-order valence-corrected chi connectivity index (χ1v) is 7.87. The summed E-state index contributed by atoms with van der Waals surface area (Å²) in [5, 5.41) is 0.328. The molecule has 1 amide bonds. The van der Waals surface area contributed by atoms with Gasteiger partial charge in [-0.3, -0.25) is 14.5 Å². The minimum absolute atomic E-state index is 0.180. The van der Waals surface area contributed by atoms with E-state index < -0.39 is 23.9 Å². The number of esters is 2. The number of hydrogen-bond acceptors (Lipinski definition) is 7. The highest BCUT2D eigenvalue weighted by molar-refractivity contribution is 7.17. The normalized spacial score (nSPS) is 11.5. The molecule has 0 bridgehead atoms. The zero-order valence-corrected chi connectivity index (χ0v) is 14.4. The van der Waals surface area contributed by atoms with Gasteiger partial charge in [0.05, 0.1) is 12.3 Å². The predicted octanol–water partition coefficient (Wildman–Crippen LogP) is 2.10. The molecule has 23 heavy (non-hydrogen) atoms. The fourth-order valence-electron chi connectivity index (χ4n) is 1.79. The fraction of sp³-hybridized carbons (Fsp3) is 0.467. The molecule has 7 nitrogen and oxygen atoms in total. The molecule has 0 saturated carbocycles. The van der Waals surface area contributed by atoms with Crippen LogP contribution in [0.1, 0.15) is 36.1 Å². The summed E-state index contributed by atoms with van der Waals surface area (Å²) >= 11 is 1.05. The average molecular weight is 340 g/mol. The quantitative estimate of drug-likeness (QED) is 0.558. The largest absolute Gasteiger partial charge is 0.462 e. The van der Waals surface area contributed by atoms with E-state index in [1.165, 1.54) is 24.8 Å². The van der Waals surface area contributed by atoms with Gasteiger partial charge < -0.3 is 9.47 Å². The van der Waals surface area contributed by atoms with Crippen molar-refractivity contribution in [2.24, 2.45) is 0 Å². The number of ether oxygens (including phenoxy) is 2. The van der Waals surface area contributed by atoms with E-state index in [0.717, 1.165) is 11.3 Å². The second-order valence-corrected chi connectivity index (χ2v) is 5.60. The van der Waals surface area contributed by atoms with E-state index in [4.69, 9.17) is 9.47 Å². The summed E-state index contributed by atoms with van der Waals surface area (Å²) in [6.45, 7) is 10.1. The molecule has 0 saturated heterocycles. The first-order chi connectivity index (χ1) is 10.8. The first kappa shape index (κ1) is 18.8. The summed E-state index contributed by atoms with van der Waals surface area (Å²) < 4.78 is 9.87. The molecule has 0 aliphatic carbocycles. The third kappa shape index (κ3) is 4.88. The number of carbonyl (C=O) groups excluding carboxylic acids is 3. The minimum Gasteiger partial charge on any atom is -0.462 e. The molecule has 0 aliphatic rings. The van der Waals surface area contributed by atoms with Gasteiger partial charge in [-0.05, 0) is 20.8 Å². The highest BCUT2D eigenvalue weighted by Gasteiger charge is 2.27. The molecule has 0 aliphatic heterocycles. The zero-order valence-electron chi connectivity index (χ0n) is 13.6. The average Bonchev–Trinajstić information content (AvgIpc) is 2.85. The van der Waals surface area contributed by atoms with E-state index in [1.54, 1.807) is 13.8 Å². The monoisotopic (exact) mass is 340 g/mol. The van der Waals surface area contributed by atoms with Crippen molar-refractivity contribution in [3.63, 3.8) is 0 Å². The summed E-state index contributed by atoms with van der Waals surface area (Å²) in [7, 11) is 0. The Bertz CT molecular complexity index is 611. The third-order valence-corrected chi connectivity index (χ3v) is 3.91. The highest BCUT2D eigenvalue weighted by atomic mass is 32.1. The van der Waals surface area contributed by atoms with Gasteiger partial charge in [0.1, 0.15) is 4.88 Å². The summed E-state index contributed by atoms with van der Waals surface area (Å²) in [5.74, 6) is -1.47. The molecule has 0 radical (unpaired) electrons. The number of aryl methyl sites for hydroxylation is 1. The lowest BCUT2D eigenvalue weighted by Gasteiger charge is -2.21. The third-order valence-electron chi connectivity index (χ3n) is 2.75. The molecule has 8 heteroatoms. The molecular formula is C15H20N2O5S. The summed E-state index contributed by atoms with van der Waals surface area (Å²) in [6, 6.07) is 0. The van der Waals surface area contributed by atoms with Gasteiger partial charge in [0.25, 0.3) is 5.91 Å². The number of rotatable bonds is 7. The van der Waals surface area contributed by atoms with Crippen molar-refractivity contribution in [3.8, 4) is 0 Å². The lowest BCUT2D eigenvalue weighted by atomic mass is 10.3. The van der Waals surface area contributed by atoms with E-state index in [2.05, 4.69) is 11.6 Å². The Morgan fingerprint density at radius 2 is 2.09 bits per heavy atom. The molecule has 1 atom stereocenters. The Morgan fingerprint density at radius 3 is 2.61 bits per heavy atom. The zero-order chi connectivity index (χ0) is 17.6. The molecule has 1 heterocycles. The van der Waals surface area contributed by atoms with Crippen LogP contribution >= 0.6 is 11.3 Å². The second-order valence-electron chi connectivity index (χ2n) is 4.62. The van der Waals surface area contributed by atoms with E-state index in [9.17, 15) is 14.4 Å². The molecule has 1 aromatic rings. The van der Waals surface area contributed by atoms with Crippen molar-refractivity contribution >= 4 is 34.3 Å². The maximum Gasteiger partial charge on any atom is 0.350 e. The van der Waals surface area contributed by atoms with Crippen molar-refractivity contribution < 1.29 is 23.9 Å². The molecule has 126 valence electrons. The van der Waals surface area contributed by atoms with E-state index in [-0.39, 0.29) is 13.2 Å². The van der Waals surface area contributed by atoms with Gasteiger partial charge in [-0.1, -0.05) is 17.4 Å². The van der Waals surface area contributed by atoms with E-state index in [1.807, 2.05) is 0 Å². The van der Waals surface area contributed by atoms with Crippen LogP contribution in [-0.4, -0.2) is 42.1 Å². The molecule has 0 N–H and O–H groups in total. The highest BCUT2D eigenvalue weighted by Crippen LogP contribution is 2.27. The topological polar surface area (TPSA) is 85.8 Å². The second kappa shape index (κ2) is 8.42. The lowest BCUT2D eigenvalue weighted by Crippen LogP contribution is -2.40. The van der Waals surface area contributed by atoms with Gasteiger partial charge in [0.2, 0.25) is 0 Å². The van der Waals surface area contributed by atoms with Crippen LogP contribution < -0.4 is 4.90 Å². The summed E-state index contributed by atoms with van der Waals surface area (Å²) in [5.41, 5.74) is 0.477. The van der Waals surface area contributed by atoms with Gasteiger partial charge in [-0.2, -0.15) is 0 Å². The Hall–Kier alpha value is -2.22. The van der Waals surface area contributed by atoms with Crippen LogP contribution in [0.25, 0.3) is 0 Å². The van der Waals surface area contributed by atoms with Crippen molar-refractivity contribution in [2.75, 3.05) is 18.1 Å². The Balaban J connectivity index is 3.08. The number of carbonyl (C=O) groups is 3. The molecule has 0 spiro atoms. The van der Waals surface area contributed by atoms with Gasteiger partial charge in [0, 0.05) is 13.5 Å². The number of thiazole rings is 1. The van der Waals surface area contributed by atoms with Crippen LogP contribution in [0.4, 0.5) is 5.13 Å². The Labute approximate surface area is 138 Å². The summed E-state index contributed by atoms with van der Waals surface area (Å²) in [6.07, 6.45) is 0.571. The standard InChI is InChI=1S/C15H20N2O5S/c1-6-8-17(13(19)10(4)22-11(5)18)15-16-9(3)12(23-15)14(20)21-7-2/h6,10H,1,7-8H2,2-5H3. The van der Waals surface area contributed by atoms with Crippen LogP contribution in [-0.2, 0) is 19.1 Å². The van der Waals surface area contributed by atoms with Gasteiger partial charge in [-0.15, -0.1) is 6.58 Å². The number of anilines is 1. The van der Waals surface area contributed by atoms with Crippen molar-refractivity contribution in [1.82, 2.24) is 4.98 Å². The molecule has 1 rings (SSSR count). The van der Waals surface area contributed by atoms with Crippen LogP contribution in [0, 0.1) is 6.92 Å². The molecular weight excluding hydrogens is 320 g/mol. The Morgan fingerprint density at radius 1 is 1.43 bits per heavy atom. The number of aromatic nitrogens is 1.